The zero-order valence-electron chi connectivity index (χ0n) is 11.1. The van der Waals surface area contributed by atoms with E-state index in [4.69, 9.17) is 4.74 Å². The van der Waals surface area contributed by atoms with Crippen LogP contribution in [0, 0.1) is 5.82 Å². The molecule has 5 heteroatoms. The molecule has 4 nitrogen and oxygen atoms in total. The molecule has 104 valence electrons. The van der Waals surface area contributed by atoms with E-state index in [1.165, 1.54) is 24.3 Å². The molecule has 0 spiro atoms. The fourth-order valence-corrected chi connectivity index (χ4v) is 2.21. The number of hydrogen-bond acceptors (Lipinski definition) is 3. The summed E-state index contributed by atoms with van der Waals surface area (Å²) < 4.78 is 18.1. The zero-order chi connectivity index (χ0) is 13.7. The fraction of sp³-hybridized carbons (Fsp3) is 0.500. The number of benzene rings is 1. The number of nitrogens with one attached hydrogen (secondary N) is 1. The van der Waals surface area contributed by atoms with Crippen LogP contribution in [0.4, 0.5) is 4.39 Å². The second-order valence-electron chi connectivity index (χ2n) is 4.71. The summed E-state index contributed by atoms with van der Waals surface area (Å²) in [6.07, 6.45) is 2.10. The molecule has 0 aromatic heterocycles. The summed E-state index contributed by atoms with van der Waals surface area (Å²) in [6.45, 7) is 1.51. The van der Waals surface area contributed by atoms with Crippen molar-refractivity contribution in [3.8, 4) is 5.75 Å². The zero-order valence-corrected chi connectivity index (χ0v) is 11.1. The minimum atomic E-state index is -0.313. The molecular weight excluding hydrogens is 247 g/mol. The number of carbonyl (C=O) groups is 1. The Hall–Kier alpha value is -1.62. The Kier molecular flexibility index (Phi) is 4.74. The predicted molar refractivity (Wildman–Crippen MR) is 70.6 cm³/mol. The van der Waals surface area contributed by atoms with Crippen molar-refractivity contribution in [3.05, 3.63) is 30.1 Å². The van der Waals surface area contributed by atoms with Gasteiger partial charge in [0.1, 0.15) is 11.6 Å². The predicted octanol–water partition coefficient (Wildman–Crippen LogP) is 1.41. The van der Waals surface area contributed by atoms with Gasteiger partial charge in [-0.25, -0.2) is 4.39 Å². The smallest absolute Gasteiger partial charge is 0.260 e. The molecule has 1 saturated heterocycles. The molecule has 1 atom stereocenters. The van der Waals surface area contributed by atoms with Crippen molar-refractivity contribution in [2.24, 2.45) is 0 Å². The van der Waals surface area contributed by atoms with Gasteiger partial charge in [0.15, 0.2) is 6.61 Å². The third kappa shape index (κ3) is 3.92. The van der Waals surface area contributed by atoms with Crippen LogP contribution in [0.5, 0.6) is 5.75 Å². The van der Waals surface area contributed by atoms with E-state index in [1.807, 2.05) is 11.9 Å². The van der Waals surface area contributed by atoms with Crippen LogP contribution in [0.25, 0.3) is 0 Å². The molecule has 1 fully saturated rings. The Morgan fingerprint density at radius 2 is 2.21 bits per heavy atom. The number of likely N-dealkylation sites (tertiary alicyclic amines) is 1. The van der Waals surface area contributed by atoms with Crippen molar-refractivity contribution in [1.29, 1.82) is 0 Å². The second-order valence-corrected chi connectivity index (χ2v) is 4.71. The molecule has 1 N–H and O–H groups in total. The Bertz CT molecular complexity index is 422. The van der Waals surface area contributed by atoms with E-state index in [9.17, 15) is 9.18 Å². The lowest BCUT2D eigenvalue weighted by atomic mass is 10.1. The van der Waals surface area contributed by atoms with Crippen LogP contribution in [-0.4, -0.2) is 43.6 Å². The lowest BCUT2D eigenvalue weighted by Crippen LogP contribution is -2.48. The average Bonchev–Trinajstić information content (AvgIpc) is 2.46. The molecule has 0 radical (unpaired) electrons. The Morgan fingerprint density at radius 3 is 2.89 bits per heavy atom. The maximum Gasteiger partial charge on any atom is 0.260 e. The van der Waals surface area contributed by atoms with Gasteiger partial charge in [0, 0.05) is 19.1 Å². The van der Waals surface area contributed by atoms with E-state index >= 15 is 0 Å². The summed E-state index contributed by atoms with van der Waals surface area (Å²) in [5, 5.41) is 3.19. The lowest BCUT2D eigenvalue weighted by molar-refractivity contribution is -0.134. The number of halogens is 1. The van der Waals surface area contributed by atoms with E-state index in [2.05, 4.69) is 5.32 Å². The van der Waals surface area contributed by atoms with Crippen LogP contribution in [0.15, 0.2) is 24.3 Å². The first-order valence-corrected chi connectivity index (χ1v) is 6.52. The van der Waals surface area contributed by atoms with Crippen LogP contribution in [0.1, 0.15) is 12.8 Å². The molecule has 2 rings (SSSR count). The maximum absolute atomic E-state index is 12.7. The summed E-state index contributed by atoms with van der Waals surface area (Å²) in [4.78, 5) is 13.8. The lowest BCUT2D eigenvalue weighted by Gasteiger charge is -2.32. The third-order valence-corrected chi connectivity index (χ3v) is 3.36. The number of rotatable bonds is 4. The normalized spacial score (nSPS) is 19.3. The van der Waals surface area contributed by atoms with Gasteiger partial charge < -0.3 is 15.0 Å². The standard InChI is InChI=1S/C14H19FN2O2/c1-16-12-3-2-8-17(9-12)14(18)10-19-13-6-4-11(15)5-7-13/h4-7,12,16H,2-3,8-10H2,1H3. The highest BCUT2D eigenvalue weighted by molar-refractivity contribution is 5.77. The molecule has 19 heavy (non-hydrogen) atoms. The van der Waals surface area contributed by atoms with Crippen LogP contribution in [0.2, 0.25) is 0 Å². The number of hydrogen-bond donors (Lipinski definition) is 1. The SMILES string of the molecule is CNC1CCCN(C(=O)COc2ccc(F)cc2)C1. The monoisotopic (exact) mass is 266 g/mol. The van der Waals surface area contributed by atoms with Crippen molar-refractivity contribution in [2.75, 3.05) is 26.7 Å². The first-order chi connectivity index (χ1) is 9.19. The molecule has 0 bridgehead atoms. The summed E-state index contributed by atoms with van der Waals surface area (Å²) in [5.74, 6) is 0.174. The largest absolute Gasteiger partial charge is 0.484 e. The van der Waals surface area contributed by atoms with Gasteiger partial charge in [-0.3, -0.25) is 4.79 Å². The highest BCUT2D eigenvalue weighted by Gasteiger charge is 2.22. The molecule has 1 aromatic carbocycles. The minimum absolute atomic E-state index is 0.00205. The second kappa shape index (κ2) is 6.52. The highest BCUT2D eigenvalue weighted by Crippen LogP contribution is 2.13. The quantitative estimate of drug-likeness (QED) is 0.896. The van der Waals surface area contributed by atoms with Gasteiger partial charge in [0.05, 0.1) is 0 Å². The van der Waals surface area contributed by atoms with Gasteiger partial charge in [0.25, 0.3) is 5.91 Å². The first-order valence-electron chi connectivity index (χ1n) is 6.52. The molecule has 0 aliphatic carbocycles. The van der Waals surface area contributed by atoms with E-state index in [1.54, 1.807) is 0 Å². The van der Waals surface area contributed by atoms with Crippen LogP contribution in [0.3, 0.4) is 0 Å². The number of carbonyl (C=O) groups excluding carboxylic acids is 1. The number of ether oxygens (including phenoxy) is 1. The van der Waals surface area contributed by atoms with Gasteiger partial charge in [-0.05, 0) is 44.2 Å². The topological polar surface area (TPSA) is 41.6 Å². The molecule has 1 aliphatic rings. The van der Waals surface area contributed by atoms with E-state index in [0.717, 1.165) is 25.9 Å². The van der Waals surface area contributed by atoms with Crippen LogP contribution in [-0.2, 0) is 4.79 Å². The van der Waals surface area contributed by atoms with Crippen molar-refractivity contribution in [2.45, 2.75) is 18.9 Å². The molecule has 1 aromatic rings. The Labute approximate surface area is 112 Å². The number of likely N-dealkylation sites (N-methyl/N-ethyl adjacent to an activating group) is 1. The summed E-state index contributed by atoms with van der Waals surface area (Å²) in [7, 11) is 1.91. The van der Waals surface area contributed by atoms with E-state index in [0.29, 0.717) is 11.8 Å². The number of piperidine rings is 1. The molecule has 1 aliphatic heterocycles. The summed E-state index contributed by atoms with van der Waals surface area (Å²) in [5.41, 5.74) is 0. The number of amides is 1. The molecule has 1 unspecified atom stereocenters. The molecule has 1 amide bonds. The fourth-order valence-electron chi connectivity index (χ4n) is 2.21. The average molecular weight is 266 g/mol. The van der Waals surface area contributed by atoms with E-state index < -0.39 is 0 Å². The van der Waals surface area contributed by atoms with Crippen LogP contribution < -0.4 is 10.1 Å². The van der Waals surface area contributed by atoms with Crippen molar-refractivity contribution >= 4 is 5.91 Å². The molecular formula is C14H19FN2O2. The van der Waals surface area contributed by atoms with Gasteiger partial charge in [-0.2, -0.15) is 0 Å². The third-order valence-electron chi connectivity index (χ3n) is 3.36. The van der Waals surface area contributed by atoms with Gasteiger partial charge in [-0.15, -0.1) is 0 Å². The van der Waals surface area contributed by atoms with Crippen molar-refractivity contribution < 1.29 is 13.9 Å². The molecule has 1 heterocycles. The maximum atomic E-state index is 12.7. The van der Waals surface area contributed by atoms with Gasteiger partial charge >= 0.3 is 0 Å². The van der Waals surface area contributed by atoms with Crippen molar-refractivity contribution in [3.63, 3.8) is 0 Å². The molecule has 0 saturated carbocycles. The van der Waals surface area contributed by atoms with Crippen molar-refractivity contribution in [1.82, 2.24) is 10.2 Å². The van der Waals surface area contributed by atoms with Gasteiger partial charge in [-0.1, -0.05) is 0 Å². The van der Waals surface area contributed by atoms with Gasteiger partial charge in [0.2, 0.25) is 0 Å². The first kappa shape index (κ1) is 13.8. The highest BCUT2D eigenvalue weighted by atomic mass is 19.1. The van der Waals surface area contributed by atoms with Crippen LogP contribution >= 0.6 is 0 Å². The Morgan fingerprint density at radius 1 is 1.47 bits per heavy atom. The number of nitrogens with zero attached hydrogens (tertiary/aromatic N) is 1. The summed E-state index contributed by atoms with van der Waals surface area (Å²) >= 11 is 0. The van der Waals surface area contributed by atoms with E-state index in [-0.39, 0.29) is 18.3 Å². The minimum Gasteiger partial charge on any atom is -0.484 e. The Balaban J connectivity index is 1.82. The summed E-state index contributed by atoms with van der Waals surface area (Å²) in [6, 6.07) is 6.04.